The van der Waals surface area contributed by atoms with E-state index in [0.717, 1.165) is 43.9 Å². The van der Waals surface area contributed by atoms with Gasteiger partial charge in [-0.1, -0.05) is 36.4 Å². The van der Waals surface area contributed by atoms with Crippen LogP contribution in [-0.4, -0.2) is 16.5 Å². The number of ketones is 1. The molecule has 0 bridgehead atoms. The van der Waals surface area contributed by atoms with E-state index in [2.05, 4.69) is 42.5 Å². The SMILES string of the molecule is C[C@]12CCC(=O)CC1CC[C@@H]1[C@@H]2CC[C@@]2(C)[C@H]1CC[C@@]2(O)/C=C/I. The van der Waals surface area contributed by atoms with Gasteiger partial charge in [-0.25, -0.2) is 0 Å². The number of rotatable bonds is 1. The maximum atomic E-state index is 12.0. The molecule has 0 spiro atoms. The molecule has 0 heterocycles. The first-order chi connectivity index (χ1) is 11.3. The van der Waals surface area contributed by atoms with Crippen LogP contribution in [-0.2, 0) is 4.79 Å². The predicted octanol–water partition coefficient (Wildman–Crippen LogP) is 5.28. The molecule has 1 N–H and O–H groups in total. The van der Waals surface area contributed by atoms with Crippen LogP contribution in [0, 0.1) is 34.5 Å². The van der Waals surface area contributed by atoms with Gasteiger partial charge in [0.1, 0.15) is 5.78 Å². The van der Waals surface area contributed by atoms with Crippen molar-refractivity contribution in [3.63, 3.8) is 0 Å². The number of halogens is 1. The molecule has 0 saturated heterocycles. The third kappa shape index (κ3) is 2.25. The normalized spacial score (nSPS) is 54.4. The zero-order chi connectivity index (χ0) is 17.2. The standard InChI is InChI=1S/C21H31IO2/c1-19-8-5-15(23)13-14(19)3-4-16-17(19)6-9-20(2)18(16)7-10-21(20,24)11-12-22/h11-12,14,16-18,24H,3-10,13H2,1-2H3/b12-11+/t14?,16-,17+,18+,19+,20+,21-/m1/s1. The Morgan fingerprint density at radius 3 is 2.58 bits per heavy atom. The van der Waals surface area contributed by atoms with Gasteiger partial charge >= 0.3 is 0 Å². The van der Waals surface area contributed by atoms with Crippen LogP contribution in [0.5, 0.6) is 0 Å². The highest BCUT2D eigenvalue weighted by molar-refractivity contribution is 14.1. The molecule has 4 saturated carbocycles. The van der Waals surface area contributed by atoms with E-state index < -0.39 is 5.60 Å². The van der Waals surface area contributed by atoms with Gasteiger partial charge in [0, 0.05) is 18.3 Å². The molecule has 134 valence electrons. The average molecular weight is 442 g/mol. The first kappa shape index (κ1) is 17.5. The number of fused-ring (bicyclic) bond motifs is 5. The van der Waals surface area contributed by atoms with Crippen molar-refractivity contribution in [2.75, 3.05) is 0 Å². The summed E-state index contributed by atoms with van der Waals surface area (Å²) in [7, 11) is 0. The smallest absolute Gasteiger partial charge is 0.133 e. The minimum Gasteiger partial charge on any atom is -0.385 e. The molecule has 3 heteroatoms. The van der Waals surface area contributed by atoms with E-state index in [4.69, 9.17) is 0 Å². The van der Waals surface area contributed by atoms with Crippen molar-refractivity contribution >= 4 is 28.4 Å². The van der Waals surface area contributed by atoms with E-state index in [1.54, 1.807) is 0 Å². The Bertz CT molecular complexity index is 572. The summed E-state index contributed by atoms with van der Waals surface area (Å²) < 4.78 is 2.02. The van der Waals surface area contributed by atoms with Gasteiger partial charge in [-0.05, 0) is 84.2 Å². The number of carbonyl (C=O) groups is 1. The van der Waals surface area contributed by atoms with Crippen molar-refractivity contribution in [3.8, 4) is 0 Å². The average Bonchev–Trinajstić information content (AvgIpc) is 2.80. The summed E-state index contributed by atoms with van der Waals surface area (Å²) >= 11 is 2.25. The fraction of sp³-hybridized carbons (Fsp3) is 0.857. The van der Waals surface area contributed by atoms with Crippen molar-refractivity contribution < 1.29 is 9.90 Å². The molecule has 0 amide bonds. The first-order valence-electron chi connectivity index (χ1n) is 9.86. The first-order valence-corrected chi connectivity index (χ1v) is 11.1. The van der Waals surface area contributed by atoms with E-state index in [9.17, 15) is 9.90 Å². The lowest BCUT2D eigenvalue weighted by molar-refractivity contribution is -0.148. The molecule has 0 aromatic carbocycles. The second-order valence-corrected chi connectivity index (χ2v) is 10.3. The summed E-state index contributed by atoms with van der Waals surface area (Å²) in [5, 5.41) is 11.3. The molecule has 0 radical (unpaired) electrons. The minimum absolute atomic E-state index is 0.0452. The summed E-state index contributed by atoms with van der Waals surface area (Å²) in [6.45, 7) is 4.85. The topological polar surface area (TPSA) is 37.3 Å². The molecular weight excluding hydrogens is 411 g/mol. The van der Waals surface area contributed by atoms with Crippen LogP contribution < -0.4 is 0 Å². The lowest BCUT2D eigenvalue weighted by Crippen LogP contribution is -2.56. The maximum absolute atomic E-state index is 12.0. The summed E-state index contributed by atoms with van der Waals surface area (Å²) in [6.07, 6.45) is 11.8. The Balaban J connectivity index is 1.64. The van der Waals surface area contributed by atoms with Crippen molar-refractivity contribution in [2.45, 2.75) is 77.2 Å². The zero-order valence-corrected chi connectivity index (χ0v) is 17.2. The second kappa shape index (κ2) is 5.80. The van der Waals surface area contributed by atoms with E-state index in [0.29, 0.717) is 23.0 Å². The summed E-state index contributed by atoms with van der Waals surface area (Å²) in [5.41, 5.74) is -0.189. The molecule has 0 aromatic heterocycles. The lowest BCUT2D eigenvalue weighted by atomic mass is 9.44. The summed E-state index contributed by atoms with van der Waals surface area (Å²) in [6, 6.07) is 0. The summed E-state index contributed by atoms with van der Waals surface area (Å²) in [4.78, 5) is 12.0. The molecule has 4 aliphatic rings. The van der Waals surface area contributed by atoms with Crippen molar-refractivity contribution in [3.05, 3.63) is 10.2 Å². The number of carbonyl (C=O) groups excluding carboxylic acids is 1. The van der Waals surface area contributed by atoms with Gasteiger partial charge in [-0.15, -0.1) is 0 Å². The minimum atomic E-state index is -0.607. The highest BCUT2D eigenvalue weighted by atomic mass is 127. The Labute approximate surface area is 160 Å². The van der Waals surface area contributed by atoms with Crippen molar-refractivity contribution in [1.82, 2.24) is 0 Å². The van der Waals surface area contributed by atoms with E-state index in [1.165, 1.54) is 25.7 Å². The molecule has 1 unspecified atom stereocenters. The molecule has 24 heavy (non-hydrogen) atoms. The van der Waals surface area contributed by atoms with Crippen LogP contribution in [0.1, 0.15) is 71.6 Å². The fourth-order valence-corrected chi connectivity index (χ4v) is 8.07. The van der Waals surface area contributed by atoms with Gasteiger partial charge in [0.15, 0.2) is 0 Å². The zero-order valence-electron chi connectivity index (χ0n) is 15.1. The molecule has 0 aliphatic heterocycles. The molecule has 4 aliphatic carbocycles. The van der Waals surface area contributed by atoms with Gasteiger partial charge in [0.05, 0.1) is 5.60 Å². The Hall–Kier alpha value is 0.100. The molecule has 4 fully saturated rings. The molecule has 4 rings (SSSR count). The van der Waals surface area contributed by atoms with Crippen LogP contribution in [0.4, 0.5) is 0 Å². The van der Waals surface area contributed by atoms with Crippen molar-refractivity contribution in [2.24, 2.45) is 34.5 Å². The van der Waals surface area contributed by atoms with Gasteiger partial charge < -0.3 is 5.11 Å². The van der Waals surface area contributed by atoms with Crippen LogP contribution in [0.25, 0.3) is 0 Å². The maximum Gasteiger partial charge on any atom is 0.133 e. The lowest BCUT2D eigenvalue weighted by Gasteiger charge is -2.60. The second-order valence-electron chi connectivity index (χ2n) is 9.61. The summed E-state index contributed by atoms with van der Waals surface area (Å²) in [5.74, 6) is 3.31. The number of hydrogen-bond donors (Lipinski definition) is 1. The van der Waals surface area contributed by atoms with Crippen molar-refractivity contribution in [1.29, 1.82) is 0 Å². The highest BCUT2D eigenvalue weighted by Crippen LogP contribution is 2.68. The Morgan fingerprint density at radius 2 is 1.83 bits per heavy atom. The number of Topliss-reactive ketones (excluding diaryl/α,β-unsaturated/α-hetero) is 1. The quantitative estimate of drug-likeness (QED) is 0.562. The largest absolute Gasteiger partial charge is 0.385 e. The third-order valence-electron chi connectivity index (χ3n) is 9.04. The predicted molar refractivity (Wildman–Crippen MR) is 105 cm³/mol. The van der Waals surface area contributed by atoms with Gasteiger partial charge in [-0.3, -0.25) is 4.79 Å². The van der Waals surface area contributed by atoms with Crippen LogP contribution in [0.3, 0.4) is 0 Å². The molecule has 0 aromatic rings. The van der Waals surface area contributed by atoms with Crippen LogP contribution in [0.15, 0.2) is 10.2 Å². The highest BCUT2D eigenvalue weighted by Gasteiger charge is 2.63. The van der Waals surface area contributed by atoms with E-state index >= 15 is 0 Å². The van der Waals surface area contributed by atoms with Crippen LogP contribution in [0.2, 0.25) is 0 Å². The Kier molecular flexibility index (Phi) is 4.23. The fourth-order valence-electron chi connectivity index (χ4n) is 7.47. The molecule has 2 nitrogen and oxygen atoms in total. The van der Waals surface area contributed by atoms with E-state index in [-0.39, 0.29) is 5.41 Å². The Morgan fingerprint density at radius 1 is 1.08 bits per heavy atom. The number of hydrogen-bond acceptors (Lipinski definition) is 2. The molecular formula is C21H31IO2. The van der Waals surface area contributed by atoms with E-state index in [1.807, 2.05) is 4.08 Å². The monoisotopic (exact) mass is 442 g/mol. The van der Waals surface area contributed by atoms with Gasteiger partial charge in [-0.2, -0.15) is 0 Å². The molecule has 7 atom stereocenters. The third-order valence-corrected chi connectivity index (χ3v) is 9.40. The van der Waals surface area contributed by atoms with Gasteiger partial charge in [0.2, 0.25) is 0 Å². The van der Waals surface area contributed by atoms with Crippen LogP contribution >= 0.6 is 22.6 Å². The van der Waals surface area contributed by atoms with Gasteiger partial charge in [0.25, 0.3) is 0 Å². The number of aliphatic hydroxyl groups is 1.